The van der Waals surface area contributed by atoms with Gasteiger partial charge in [-0.3, -0.25) is 14.2 Å². The summed E-state index contributed by atoms with van der Waals surface area (Å²) in [7, 11) is 0. The summed E-state index contributed by atoms with van der Waals surface area (Å²) < 4.78 is 3.74. The third-order valence-electron chi connectivity index (χ3n) is 3.40. The molecule has 0 unspecified atom stereocenters. The number of carbonyl (C=O) groups is 1. The quantitative estimate of drug-likeness (QED) is 0.684. The molecule has 0 aliphatic heterocycles. The van der Waals surface area contributed by atoms with Gasteiger partial charge in [0.05, 0.1) is 17.1 Å². The molecule has 128 valence electrons. The number of aromatic nitrogens is 4. The van der Waals surface area contributed by atoms with Crippen LogP contribution in [0.15, 0.2) is 58.3 Å². The molecule has 0 saturated carbocycles. The van der Waals surface area contributed by atoms with Crippen LogP contribution in [-0.2, 0) is 6.54 Å². The maximum absolute atomic E-state index is 12.2. The van der Waals surface area contributed by atoms with Gasteiger partial charge in [0.15, 0.2) is 5.82 Å². The SMILES string of the molecule is O=C(NCCn1nc(-n2ccnc2)ccc1=O)c1cc(Br)ccc1Cl. The van der Waals surface area contributed by atoms with Crippen molar-refractivity contribution in [1.82, 2.24) is 24.6 Å². The maximum atomic E-state index is 12.2. The van der Waals surface area contributed by atoms with Gasteiger partial charge in [0.2, 0.25) is 0 Å². The normalized spacial score (nSPS) is 10.6. The van der Waals surface area contributed by atoms with E-state index < -0.39 is 0 Å². The van der Waals surface area contributed by atoms with Crippen LogP contribution in [0.2, 0.25) is 5.02 Å². The zero-order valence-electron chi connectivity index (χ0n) is 12.9. The summed E-state index contributed by atoms with van der Waals surface area (Å²) in [4.78, 5) is 28.1. The van der Waals surface area contributed by atoms with Crippen molar-refractivity contribution in [3.63, 3.8) is 0 Å². The highest BCUT2D eigenvalue weighted by molar-refractivity contribution is 9.10. The number of halogens is 2. The smallest absolute Gasteiger partial charge is 0.266 e. The van der Waals surface area contributed by atoms with E-state index in [1.807, 2.05) is 0 Å². The molecule has 2 heterocycles. The highest BCUT2D eigenvalue weighted by Gasteiger charge is 2.11. The summed E-state index contributed by atoms with van der Waals surface area (Å²) in [5.41, 5.74) is 0.113. The van der Waals surface area contributed by atoms with Crippen molar-refractivity contribution >= 4 is 33.4 Å². The zero-order valence-corrected chi connectivity index (χ0v) is 15.2. The number of amides is 1. The second-order valence-electron chi connectivity index (χ2n) is 5.10. The molecule has 3 aromatic rings. The fraction of sp³-hybridized carbons (Fsp3) is 0.125. The van der Waals surface area contributed by atoms with E-state index in [-0.39, 0.29) is 24.6 Å². The van der Waals surface area contributed by atoms with Crippen molar-refractivity contribution in [2.75, 3.05) is 6.54 Å². The lowest BCUT2D eigenvalue weighted by molar-refractivity contribution is 0.0952. The number of nitrogens with one attached hydrogen (secondary N) is 1. The maximum Gasteiger partial charge on any atom is 0.266 e. The van der Waals surface area contributed by atoms with Gasteiger partial charge in [-0.15, -0.1) is 0 Å². The van der Waals surface area contributed by atoms with Gasteiger partial charge in [-0.05, 0) is 24.3 Å². The topological polar surface area (TPSA) is 81.8 Å². The lowest BCUT2D eigenvalue weighted by Crippen LogP contribution is -2.32. The van der Waals surface area contributed by atoms with Crippen LogP contribution in [-0.4, -0.2) is 31.8 Å². The second kappa shape index (κ2) is 7.62. The van der Waals surface area contributed by atoms with E-state index in [2.05, 4.69) is 31.3 Å². The first kappa shape index (κ1) is 17.4. The lowest BCUT2D eigenvalue weighted by atomic mass is 10.2. The summed E-state index contributed by atoms with van der Waals surface area (Å²) in [6, 6.07) is 8.07. The molecule has 0 spiro atoms. The molecule has 3 rings (SSSR count). The third kappa shape index (κ3) is 4.15. The minimum Gasteiger partial charge on any atom is -0.350 e. The molecule has 1 N–H and O–H groups in total. The molecule has 0 aliphatic carbocycles. The van der Waals surface area contributed by atoms with Crippen LogP contribution >= 0.6 is 27.5 Å². The lowest BCUT2D eigenvalue weighted by Gasteiger charge is -2.09. The van der Waals surface area contributed by atoms with E-state index in [0.717, 1.165) is 4.47 Å². The predicted octanol–water partition coefficient (Wildman–Crippen LogP) is 2.27. The van der Waals surface area contributed by atoms with Gasteiger partial charge in [0.1, 0.15) is 6.33 Å². The van der Waals surface area contributed by atoms with Gasteiger partial charge >= 0.3 is 0 Å². The molecule has 0 fully saturated rings. The van der Waals surface area contributed by atoms with Crippen LogP contribution in [0.25, 0.3) is 5.82 Å². The average Bonchev–Trinajstić information content (AvgIpc) is 3.13. The molecule has 0 aliphatic rings. The molecule has 0 bridgehead atoms. The average molecular weight is 423 g/mol. The van der Waals surface area contributed by atoms with Crippen LogP contribution in [0.1, 0.15) is 10.4 Å². The fourth-order valence-corrected chi connectivity index (χ4v) is 2.74. The number of hydrogen-bond donors (Lipinski definition) is 1. The number of hydrogen-bond acceptors (Lipinski definition) is 4. The largest absolute Gasteiger partial charge is 0.350 e. The summed E-state index contributed by atoms with van der Waals surface area (Å²) in [5.74, 6) is 0.253. The van der Waals surface area contributed by atoms with Crippen molar-refractivity contribution in [2.24, 2.45) is 0 Å². The van der Waals surface area contributed by atoms with Gasteiger partial charge in [0, 0.05) is 29.5 Å². The summed E-state index contributed by atoms with van der Waals surface area (Å²) in [6.45, 7) is 0.473. The third-order valence-corrected chi connectivity index (χ3v) is 4.23. The molecule has 1 aromatic carbocycles. The Kier molecular flexibility index (Phi) is 5.30. The van der Waals surface area contributed by atoms with Crippen LogP contribution < -0.4 is 10.9 Å². The number of nitrogens with zero attached hydrogens (tertiary/aromatic N) is 4. The van der Waals surface area contributed by atoms with Crippen molar-refractivity contribution in [3.05, 3.63) is 74.5 Å². The van der Waals surface area contributed by atoms with Crippen molar-refractivity contribution in [1.29, 1.82) is 0 Å². The van der Waals surface area contributed by atoms with Gasteiger partial charge < -0.3 is 5.32 Å². The molecule has 1 amide bonds. The summed E-state index contributed by atoms with van der Waals surface area (Å²) in [6.07, 6.45) is 4.95. The van der Waals surface area contributed by atoms with E-state index in [1.165, 1.54) is 10.7 Å². The van der Waals surface area contributed by atoms with Gasteiger partial charge in [-0.25, -0.2) is 9.67 Å². The highest BCUT2D eigenvalue weighted by Crippen LogP contribution is 2.20. The number of imidazole rings is 1. The highest BCUT2D eigenvalue weighted by atomic mass is 79.9. The molecule has 2 aromatic heterocycles. The van der Waals surface area contributed by atoms with E-state index in [4.69, 9.17) is 11.6 Å². The van der Waals surface area contributed by atoms with Crippen LogP contribution in [0, 0.1) is 0 Å². The van der Waals surface area contributed by atoms with Crippen molar-refractivity contribution in [3.8, 4) is 5.82 Å². The Morgan fingerprint density at radius 2 is 2.12 bits per heavy atom. The van der Waals surface area contributed by atoms with Gasteiger partial charge in [-0.1, -0.05) is 27.5 Å². The predicted molar refractivity (Wildman–Crippen MR) is 97.1 cm³/mol. The van der Waals surface area contributed by atoms with Crippen molar-refractivity contribution < 1.29 is 4.79 Å². The second-order valence-corrected chi connectivity index (χ2v) is 6.43. The molecule has 9 heteroatoms. The van der Waals surface area contributed by atoms with E-state index >= 15 is 0 Å². The van der Waals surface area contributed by atoms with E-state index in [9.17, 15) is 9.59 Å². The van der Waals surface area contributed by atoms with E-state index in [0.29, 0.717) is 16.4 Å². The standard InChI is InChI=1S/C16H13BrClN5O2/c17-11-1-2-13(18)12(9-11)16(25)20-6-8-23-15(24)4-3-14(21-23)22-7-5-19-10-22/h1-5,7,9-10H,6,8H2,(H,20,25). The Hall–Kier alpha value is -2.45. The first-order chi connectivity index (χ1) is 12.0. The minimum atomic E-state index is -0.315. The van der Waals surface area contributed by atoms with Crippen molar-refractivity contribution in [2.45, 2.75) is 6.54 Å². The Labute approximate surface area is 156 Å². The number of carbonyl (C=O) groups excluding carboxylic acids is 1. The Morgan fingerprint density at radius 1 is 1.28 bits per heavy atom. The van der Waals surface area contributed by atoms with Crippen LogP contribution in [0.4, 0.5) is 0 Å². The van der Waals surface area contributed by atoms with Crippen LogP contribution in [0.3, 0.4) is 0 Å². The Bertz CT molecular complexity index is 955. The molecular formula is C16H13BrClN5O2. The molecule has 0 atom stereocenters. The minimum absolute atomic E-state index is 0.235. The first-order valence-electron chi connectivity index (χ1n) is 7.34. The fourth-order valence-electron chi connectivity index (χ4n) is 2.17. The summed E-state index contributed by atoms with van der Waals surface area (Å²) in [5, 5.41) is 7.35. The number of rotatable bonds is 5. The monoisotopic (exact) mass is 421 g/mol. The number of benzene rings is 1. The van der Waals surface area contributed by atoms with Crippen LogP contribution in [0.5, 0.6) is 0 Å². The van der Waals surface area contributed by atoms with E-state index in [1.54, 1.807) is 47.6 Å². The zero-order chi connectivity index (χ0) is 17.8. The molecule has 7 nitrogen and oxygen atoms in total. The molecule has 25 heavy (non-hydrogen) atoms. The molecular weight excluding hydrogens is 410 g/mol. The molecule has 0 saturated heterocycles. The molecule has 0 radical (unpaired) electrons. The Morgan fingerprint density at radius 3 is 2.88 bits per heavy atom. The first-order valence-corrected chi connectivity index (χ1v) is 8.51. The van der Waals surface area contributed by atoms with Gasteiger partial charge in [-0.2, -0.15) is 5.10 Å². The summed E-state index contributed by atoms with van der Waals surface area (Å²) >= 11 is 9.34. The Balaban J connectivity index is 1.68. The van der Waals surface area contributed by atoms with Gasteiger partial charge in [0.25, 0.3) is 11.5 Å².